The van der Waals surface area contributed by atoms with Crippen LogP contribution >= 0.6 is 0 Å². The van der Waals surface area contributed by atoms with Crippen molar-refractivity contribution in [3.05, 3.63) is 0 Å². The highest BCUT2D eigenvalue weighted by Crippen LogP contribution is 2.25. The van der Waals surface area contributed by atoms with Gasteiger partial charge in [0.25, 0.3) is 0 Å². The predicted molar refractivity (Wildman–Crippen MR) is 76.6 cm³/mol. The van der Waals surface area contributed by atoms with E-state index in [1.54, 1.807) is 13.8 Å². The zero-order valence-corrected chi connectivity index (χ0v) is 12.5. The molecule has 1 atom stereocenters. The predicted octanol–water partition coefficient (Wildman–Crippen LogP) is 6.06. The Labute approximate surface area is 108 Å². The number of hydrogen-bond acceptors (Lipinski definition) is 1. The summed E-state index contributed by atoms with van der Waals surface area (Å²) >= 11 is 0. The number of unbranched alkanes of at least 4 members (excludes halogenated alkanes) is 7. The summed E-state index contributed by atoms with van der Waals surface area (Å²) in [5.41, 5.74) is -0.999. The molecule has 17 heavy (non-hydrogen) atoms. The van der Waals surface area contributed by atoms with Gasteiger partial charge in [-0.3, -0.25) is 0 Å². The first kappa shape index (κ1) is 19.2. The molecule has 1 unspecified atom stereocenters. The maximum atomic E-state index is 13.5. The molecule has 0 saturated heterocycles. The molecule has 2 heteroatoms. The lowest BCUT2D eigenvalue weighted by molar-refractivity contribution is 0.127. The third-order valence-electron chi connectivity index (χ3n) is 3.66. The average Bonchev–Trinajstić information content (AvgIpc) is 2.20. The van der Waals surface area contributed by atoms with Gasteiger partial charge in [0.05, 0.1) is 0 Å². The quantitative estimate of drug-likeness (QED) is 0.468. The molecule has 0 fully saturated rings. The standard InChI is InChI=1S/C15H31F.H3N/c1-5-6-7-8-9-10-11-12-13-14(2)15(3,4)16;/h14H,5-13H2,1-4H3;1H3. The lowest BCUT2D eigenvalue weighted by Gasteiger charge is -2.22. The third kappa shape index (κ3) is 12.1. The summed E-state index contributed by atoms with van der Waals surface area (Å²) in [6, 6.07) is 0. The van der Waals surface area contributed by atoms with Crippen LogP contribution < -0.4 is 6.15 Å². The summed E-state index contributed by atoms with van der Waals surface area (Å²) in [6.07, 6.45) is 11.7. The number of halogens is 1. The number of alkyl halides is 1. The second kappa shape index (κ2) is 11.0. The Morgan fingerprint density at radius 2 is 1.29 bits per heavy atom. The zero-order valence-electron chi connectivity index (χ0n) is 12.5. The number of rotatable bonds is 10. The van der Waals surface area contributed by atoms with Gasteiger partial charge in [-0.1, -0.05) is 65.2 Å². The van der Waals surface area contributed by atoms with Crippen LogP contribution in [0.15, 0.2) is 0 Å². The maximum absolute atomic E-state index is 13.5. The highest BCUT2D eigenvalue weighted by atomic mass is 19.1. The second-order valence-corrected chi connectivity index (χ2v) is 5.73. The van der Waals surface area contributed by atoms with Crippen LogP contribution in [-0.2, 0) is 0 Å². The molecule has 0 rings (SSSR count). The van der Waals surface area contributed by atoms with Crippen molar-refractivity contribution in [2.24, 2.45) is 5.92 Å². The van der Waals surface area contributed by atoms with Crippen molar-refractivity contribution in [2.45, 2.75) is 91.2 Å². The molecule has 3 N–H and O–H groups in total. The van der Waals surface area contributed by atoms with E-state index in [9.17, 15) is 4.39 Å². The molecule has 0 aliphatic carbocycles. The van der Waals surface area contributed by atoms with Crippen LogP contribution in [0.25, 0.3) is 0 Å². The average molecular weight is 247 g/mol. The summed E-state index contributed by atoms with van der Waals surface area (Å²) in [6.45, 7) is 7.67. The molecular formula is C15H34FN. The van der Waals surface area contributed by atoms with E-state index in [1.165, 1.54) is 51.4 Å². The van der Waals surface area contributed by atoms with Crippen molar-refractivity contribution in [1.29, 1.82) is 0 Å². The summed E-state index contributed by atoms with van der Waals surface area (Å²) < 4.78 is 13.5. The molecule has 0 aromatic rings. The van der Waals surface area contributed by atoms with Gasteiger partial charge in [0.1, 0.15) is 5.67 Å². The molecule has 1 nitrogen and oxygen atoms in total. The largest absolute Gasteiger partial charge is 0.344 e. The zero-order chi connectivity index (χ0) is 12.4. The van der Waals surface area contributed by atoms with Crippen LogP contribution in [0.4, 0.5) is 4.39 Å². The molecule has 0 aliphatic rings. The lowest BCUT2D eigenvalue weighted by atomic mass is 9.89. The normalized spacial score (nSPS) is 13.2. The SMILES string of the molecule is CCCCCCCCCCC(C)C(C)(C)F.N. The Bertz CT molecular complexity index is 151. The number of hydrogen-bond donors (Lipinski definition) is 1. The molecule has 0 amide bonds. The molecule has 0 spiro atoms. The molecule has 0 aliphatic heterocycles. The van der Waals surface area contributed by atoms with Crippen LogP contribution in [0, 0.1) is 5.92 Å². The first-order chi connectivity index (χ1) is 7.48. The van der Waals surface area contributed by atoms with E-state index < -0.39 is 5.67 Å². The fourth-order valence-corrected chi connectivity index (χ4v) is 1.93. The monoisotopic (exact) mass is 247 g/mol. The third-order valence-corrected chi connectivity index (χ3v) is 3.66. The smallest absolute Gasteiger partial charge is 0.108 e. The van der Waals surface area contributed by atoms with Crippen molar-refractivity contribution in [1.82, 2.24) is 6.15 Å². The first-order valence-corrected chi connectivity index (χ1v) is 7.17. The van der Waals surface area contributed by atoms with Gasteiger partial charge in [0.15, 0.2) is 0 Å². The highest BCUT2D eigenvalue weighted by Gasteiger charge is 2.23. The Kier molecular flexibility index (Phi) is 12.5. The van der Waals surface area contributed by atoms with E-state index in [-0.39, 0.29) is 12.1 Å². The van der Waals surface area contributed by atoms with Crippen LogP contribution in [0.1, 0.15) is 85.5 Å². The fourth-order valence-electron chi connectivity index (χ4n) is 1.93. The van der Waals surface area contributed by atoms with Crippen molar-refractivity contribution in [2.75, 3.05) is 0 Å². The molecule has 106 valence electrons. The molecule has 0 saturated carbocycles. The van der Waals surface area contributed by atoms with Gasteiger partial charge in [-0.2, -0.15) is 0 Å². The molecule has 0 aromatic carbocycles. The van der Waals surface area contributed by atoms with Crippen LogP contribution in [0.2, 0.25) is 0 Å². The first-order valence-electron chi connectivity index (χ1n) is 7.17. The van der Waals surface area contributed by atoms with Gasteiger partial charge in [-0.05, 0) is 26.2 Å². The van der Waals surface area contributed by atoms with Gasteiger partial charge in [-0.15, -0.1) is 0 Å². The van der Waals surface area contributed by atoms with Crippen molar-refractivity contribution >= 4 is 0 Å². The van der Waals surface area contributed by atoms with Crippen molar-refractivity contribution < 1.29 is 4.39 Å². The minimum atomic E-state index is -0.999. The van der Waals surface area contributed by atoms with Crippen molar-refractivity contribution in [3.8, 4) is 0 Å². The van der Waals surface area contributed by atoms with Gasteiger partial charge in [0, 0.05) is 0 Å². The van der Waals surface area contributed by atoms with E-state index in [4.69, 9.17) is 0 Å². The van der Waals surface area contributed by atoms with Gasteiger partial charge in [0.2, 0.25) is 0 Å². The molecular weight excluding hydrogens is 213 g/mol. The molecule has 0 heterocycles. The molecule has 0 aromatic heterocycles. The highest BCUT2D eigenvalue weighted by molar-refractivity contribution is 4.73. The van der Waals surface area contributed by atoms with Crippen LogP contribution in [-0.4, -0.2) is 5.67 Å². The van der Waals surface area contributed by atoms with Crippen LogP contribution in [0.3, 0.4) is 0 Å². The van der Waals surface area contributed by atoms with Crippen LogP contribution in [0.5, 0.6) is 0 Å². The van der Waals surface area contributed by atoms with Gasteiger partial charge >= 0.3 is 0 Å². The maximum Gasteiger partial charge on any atom is 0.108 e. The summed E-state index contributed by atoms with van der Waals surface area (Å²) in [5.74, 6) is 0.201. The van der Waals surface area contributed by atoms with E-state index in [0.717, 1.165) is 6.42 Å². The Hall–Kier alpha value is -0.110. The van der Waals surface area contributed by atoms with Crippen molar-refractivity contribution in [3.63, 3.8) is 0 Å². The Morgan fingerprint density at radius 3 is 1.71 bits per heavy atom. The molecule has 0 radical (unpaired) electrons. The minimum Gasteiger partial charge on any atom is -0.344 e. The van der Waals surface area contributed by atoms with E-state index in [2.05, 4.69) is 6.92 Å². The Balaban J connectivity index is 0. The van der Waals surface area contributed by atoms with Gasteiger partial charge in [-0.25, -0.2) is 4.39 Å². The Morgan fingerprint density at radius 1 is 0.882 bits per heavy atom. The van der Waals surface area contributed by atoms with E-state index in [1.807, 2.05) is 6.92 Å². The summed E-state index contributed by atoms with van der Waals surface area (Å²) in [5, 5.41) is 0. The lowest BCUT2D eigenvalue weighted by Crippen LogP contribution is -2.22. The second-order valence-electron chi connectivity index (χ2n) is 5.73. The van der Waals surface area contributed by atoms with Gasteiger partial charge < -0.3 is 6.15 Å². The fraction of sp³-hybridized carbons (Fsp3) is 1.00. The summed E-state index contributed by atoms with van der Waals surface area (Å²) in [4.78, 5) is 0. The molecule has 0 bridgehead atoms. The van der Waals surface area contributed by atoms with E-state index in [0.29, 0.717) is 0 Å². The topological polar surface area (TPSA) is 35.0 Å². The van der Waals surface area contributed by atoms with E-state index >= 15 is 0 Å². The minimum absolute atomic E-state index is 0. The summed E-state index contributed by atoms with van der Waals surface area (Å²) in [7, 11) is 0.